The van der Waals surface area contributed by atoms with Crippen LogP contribution in [0, 0.1) is 0 Å². The van der Waals surface area contributed by atoms with E-state index in [1.165, 1.54) is 0 Å². The molecule has 0 radical (unpaired) electrons. The molecule has 0 saturated carbocycles. The summed E-state index contributed by atoms with van der Waals surface area (Å²) >= 11 is 0. The third-order valence-electron chi connectivity index (χ3n) is 3.29. The molecule has 1 aliphatic rings. The number of morpholine rings is 1. The van der Waals surface area contributed by atoms with Gasteiger partial charge in [-0.2, -0.15) is 0 Å². The van der Waals surface area contributed by atoms with E-state index in [9.17, 15) is 4.79 Å². The highest BCUT2D eigenvalue weighted by Crippen LogP contribution is 2.14. The van der Waals surface area contributed by atoms with Crippen LogP contribution in [-0.4, -0.2) is 42.7 Å². The van der Waals surface area contributed by atoms with E-state index in [1.54, 1.807) is 4.90 Å². The molecule has 1 amide bonds. The molecule has 1 saturated heterocycles. The van der Waals surface area contributed by atoms with Gasteiger partial charge < -0.3 is 20.1 Å². The van der Waals surface area contributed by atoms with Crippen LogP contribution in [-0.2, 0) is 16.1 Å². The molecule has 1 aliphatic heterocycles. The molecular weight excluding hydrogens is 256 g/mol. The Balaban J connectivity index is 1.84. The first-order chi connectivity index (χ1) is 9.58. The van der Waals surface area contributed by atoms with Crippen molar-refractivity contribution in [3.05, 3.63) is 29.8 Å². The number of carbonyl (C=O) groups excluding carboxylic acids is 1. The predicted molar refractivity (Wildman–Crippen MR) is 76.4 cm³/mol. The van der Waals surface area contributed by atoms with Crippen LogP contribution in [0.4, 0.5) is 0 Å². The van der Waals surface area contributed by atoms with E-state index in [2.05, 4.69) is 0 Å². The number of rotatable bonds is 4. The maximum atomic E-state index is 12.1. The minimum atomic E-state index is -0.00472. The van der Waals surface area contributed by atoms with Gasteiger partial charge in [0.25, 0.3) is 5.91 Å². The molecular formula is C15H22N2O3. The Hall–Kier alpha value is -1.59. The standard InChI is InChI=1S/C15H22N2O3/c1-11-8-17(9-12(2)20-11)15(18)10-19-14-5-3-13(7-16)4-6-14/h3-6,11-12H,7-10,16H2,1-2H3/t11-,12+. The number of benzene rings is 1. The molecule has 5 nitrogen and oxygen atoms in total. The van der Waals surface area contributed by atoms with Crippen molar-refractivity contribution in [2.45, 2.75) is 32.6 Å². The molecule has 1 heterocycles. The van der Waals surface area contributed by atoms with E-state index < -0.39 is 0 Å². The lowest BCUT2D eigenvalue weighted by atomic mass is 10.2. The summed E-state index contributed by atoms with van der Waals surface area (Å²) in [6.07, 6.45) is 0.151. The summed E-state index contributed by atoms with van der Waals surface area (Å²) in [5.41, 5.74) is 6.57. The van der Waals surface area contributed by atoms with Gasteiger partial charge >= 0.3 is 0 Å². The van der Waals surface area contributed by atoms with E-state index >= 15 is 0 Å². The first kappa shape index (κ1) is 14.8. The molecule has 1 fully saturated rings. The molecule has 110 valence electrons. The lowest BCUT2D eigenvalue weighted by Gasteiger charge is -2.35. The number of ether oxygens (including phenoxy) is 2. The first-order valence-corrected chi connectivity index (χ1v) is 6.93. The van der Waals surface area contributed by atoms with Gasteiger partial charge in [0, 0.05) is 19.6 Å². The van der Waals surface area contributed by atoms with Crippen LogP contribution in [0.2, 0.25) is 0 Å². The van der Waals surface area contributed by atoms with Gasteiger partial charge in [-0.05, 0) is 31.5 Å². The van der Waals surface area contributed by atoms with Crippen LogP contribution in [0.5, 0.6) is 5.75 Å². The maximum Gasteiger partial charge on any atom is 0.260 e. The molecule has 5 heteroatoms. The second kappa shape index (κ2) is 6.72. The van der Waals surface area contributed by atoms with Crippen molar-refractivity contribution in [1.82, 2.24) is 4.90 Å². The smallest absolute Gasteiger partial charge is 0.260 e. The molecule has 0 bridgehead atoms. The zero-order valence-corrected chi connectivity index (χ0v) is 12.0. The summed E-state index contributed by atoms with van der Waals surface area (Å²) in [5.74, 6) is 0.680. The maximum absolute atomic E-state index is 12.1. The summed E-state index contributed by atoms with van der Waals surface area (Å²) in [6.45, 7) is 5.76. The Kier molecular flexibility index (Phi) is 4.98. The third-order valence-corrected chi connectivity index (χ3v) is 3.29. The fourth-order valence-corrected chi connectivity index (χ4v) is 2.34. The second-order valence-corrected chi connectivity index (χ2v) is 5.19. The summed E-state index contributed by atoms with van der Waals surface area (Å²) in [4.78, 5) is 13.9. The van der Waals surface area contributed by atoms with Crippen molar-refractivity contribution in [2.24, 2.45) is 5.73 Å². The molecule has 0 aromatic heterocycles. The van der Waals surface area contributed by atoms with Crippen LogP contribution in [0.25, 0.3) is 0 Å². The number of carbonyl (C=O) groups is 1. The second-order valence-electron chi connectivity index (χ2n) is 5.19. The van der Waals surface area contributed by atoms with Gasteiger partial charge in [0.15, 0.2) is 6.61 Å². The van der Waals surface area contributed by atoms with Gasteiger partial charge in [-0.25, -0.2) is 0 Å². The van der Waals surface area contributed by atoms with Gasteiger partial charge in [0.05, 0.1) is 12.2 Å². The first-order valence-electron chi connectivity index (χ1n) is 6.93. The highest BCUT2D eigenvalue weighted by atomic mass is 16.5. The molecule has 2 atom stereocenters. The average molecular weight is 278 g/mol. The van der Waals surface area contributed by atoms with Gasteiger partial charge in [-0.3, -0.25) is 4.79 Å². The number of hydrogen-bond acceptors (Lipinski definition) is 4. The largest absolute Gasteiger partial charge is 0.484 e. The Morgan fingerprint density at radius 3 is 2.45 bits per heavy atom. The van der Waals surface area contributed by atoms with Gasteiger partial charge in [0.2, 0.25) is 0 Å². The van der Waals surface area contributed by atoms with Crippen LogP contribution in [0.3, 0.4) is 0 Å². The fourth-order valence-electron chi connectivity index (χ4n) is 2.34. The average Bonchev–Trinajstić information content (AvgIpc) is 2.44. The molecule has 1 aromatic carbocycles. The predicted octanol–water partition coefficient (Wildman–Crippen LogP) is 1.16. The van der Waals surface area contributed by atoms with E-state index in [0.29, 0.717) is 25.4 Å². The molecule has 0 aliphatic carbocycles. The fraction of sp³-hybridized carbons (Fsp3) is 0.533. The topological polar surface area (TPSA) is 64.8 Å². The Morgan fingerprint density at radius 1 is 1.30 bits per heavy atom. The SMILES string of the molecule is C[C@@H]1CN(C(=O)COc2ccc(CN)cc2)C[C@H](C)O1. The minimum Gasteiger partial charge on any atom is -0.484 e. The van der Waals surface area contributed by atoms with Crippen molar-refractivity contribution < 1.29 is 14.3 Å². The van der Waals surface area contributed by atoms with E-state index in [4.69, 9.17) is 15.2 Å². The number of hydrogen-bond donors (Lipinski definition) is 1. The van der Waals surface area contributed by atoms with E-state index in [-0.39, 0.29) is 24.7 Å². The highest BCUT2D eigenvalue weighted by molar-refractivity contribution is 5.78. The molecule has 20 heavy (non-hydrogen) atoms. The summed E-state index contributed by atoms with van der Waals surface area (Å²) in [7, 11) is 0. The van der Waals surface area contributed by atoms with Crippen LogP contribution in [0.1, 0.15) is 19.4 Å². The molecule has 0 unspecified atom stereocenters. The third kappa shape index (κ3) is 3.95. The van der Waals surface area contributed by atoms with Crippen molar-refractivity contribution in [2.75, 3.05) is 19.7 Å². The van der Waals surface area contributed by atoms with E-state index in [0.717, 1.165) is 5.56 Å². The normalized spacial score (nSPS) is 22.6. The monoisotopic (exact) mass is 278 g/mol. The zero-order valence-electron chi connectivity index (χ0n) is 12.0. The van der Waals surface area contributed by atoms with Gasteiger partial charge in [-0.1, -0.05) is 12.1 Å². The molecule has 2 rings (SSSR count). The Bertz CT molecular complexity index is 437. The Morgan fingerprint density at radius 2 is 1.90 bits per heavy atom. The summed E-state index contributed by atoms with van der Waals surface area (Å²) in [6, 6.07) is 7.47. The summed E-state index contributed by atoms with van der Waals surface area (Å²) < 4.78 is 11.1. The van der Waals surface area contributed by atoms with Crippen LogP contribution < -0.4 is 10.5 Å². The molecule has 0 spiro atoms. The van der Waals surface area contributed by atoms with Crippen molar-refractivity contribution in [3.63, 3.8) is 0 Å². The van der Waals surface area contributed by atoms with Crippen molar-refractivity contribution >= 4 is 5.91 Å². The minimum absolute atomic E-state index is 0.00472. The Labute approximate surface area is 119 Å². The number of nitrogens with two attached hydrogens (primary N) is 1. The van der Waals surface area contributed by atoms with Crippen molar-refractivity contribution in [3.8, 4) is 5.75 Å². The van der Waals surface area contributed by atoms with Gasteiger partial charge in [0.1, 0.15) is 5.75 Å². The summed E-state index contributed by atoms with van der Waals surface area (Å²) in [5, 5.41) is 0. The number of amides is 1. The van der Waals surface area contributed by atoms with Crippen molar-refractivity contribution in [1.29, 1.82) is 0 Å². The lowest BCUT2D eigenvalue weighted by molar-refractivity contribution is -0.145. The highest BCUT2D eigenvalue weighted by Gasteiger charge is 2.25. The van der Waals surface area contributed by atoms with Crippen LogP contribution in [0.15, 0.2) is 24.3 Å². The zero-order chi connectivity index (χ0) is 14.5. The quantitative estimate of drug-likeness (QED) is 0.897. The number of nitrogens with zero attached hydrogens (tertiary/aromatic N) is 1. The molecule has 2 N–H and O–H groups in total. The molecule has 1 aromatic rings. The van der Waals surface area contributed by atoms with E-state index in [1.807, 2.05) is 38.1 Å². The van der Waals surface area contributed by atoms with Gasteiger partial charge in [-0.15, -0.1) is 0 Å². The van der Waals surface area contributed by atoms with Crippen LogP contribution >= 0.6 is 0 Å². The lowest BCUT2D eigenvalue weighted by Crippen LogP contribution is -2.49.